The van der Waals surface area contributed by atoms with Crippen molar-refractivity contribution < 1.29 is 4.79 Å². The molecule has 0 saturated carbocycles. The molecule has 2 aromatic rings. The number of imidazole rings is 1. The lowest BCUT2D eigenvalue weighted by Gasteiger charge is -2.02. The van der Waals surface area contributed by atoms with Gasteiger partial charge in [-0.25, -0.2) is 4.98 Å². The molecule has 2 heterocycles. The zero-order valence-corrected chi connectivity index (χ0v) is 8.73. The van der Waals surface area contributed by atoms with Crippen LogP contribution in [0.4, 0.5) is 0 Å². The normalized spacial score (nSPS) is 10.2. The molecule has 6 nitrogen and oxygen atoms in total. The molecular formula is C10H13N5O. The number of amides is 1. The van der Waals surface area contributed by atoms with E-state index in [4.69, 9.17) is 0 Å². The number of aromatic nitrogens is 4. The molecule has 0 fully saturated rings. The van der Waals surface area contributed by atoms with Gasteiger partial charge in [-0.2, -0.15) is 5.10 Å². The number of aromatic amines is 2. The SMILES string of the molecule is O=C(Cc1ccn[nH]1)NCCc1cnc[nH]1. The molecule has 0 bridgehead atoms. The Hall–Kier alpha value is -2.11. The van der Waals surface area contributed by atoms with Gasteiger partial charge in [0.1, 0.15) is 0 Å². The van der Waals surface area contributed by atoms with Gasteiger partial charge in [0.05, 0.1) is 12.7 Å². The van der Waals surface area contributed by atoms with E-state index in [0.717, 1.165) is 17.8 Å². The largest absolute Gasteiger partial charge is 0.355 e. The Balaban J connectivity index is 1.68. The Morgan fingerprint density at radius 2 is 2.38 bits per heavy atom. The number of rotatable bonds is 5. The summed E-state index contributed by atoms with van der Waals surface area (Å²) in [6, 6.07) is 1.79. The van der Waals surface area contributed by atoms with E-state index in [-0.39, 0.29) is 5.91 Å². The average Bonchev–Trinajstić information content (AvgIpc) is 2.90. The summed E-state index contributed by atoms with van der Waals surface area (Å²) in [4.78, 5) is 18.3. The third-order valence-corrected chi connectivity index (χ3v) is 2.18. The van der Waals surface area contributed by atoms with Gasteiger partial charge in [-0.05, 0) is 6.07 Å². The molecule has 2 rings (SSSR count). The summed E-state index contributed by atoms with van der Waals surface area (Å²) >= 11 is 0. The van der Waals surface area contributed by atoms with E-state index in [9.17, 15) is 4.79 Å². The summed E-state index contributed by atoms with van der Waals surface area (Å²) < 4.78 is 0. The van der Waals surface area contributed by atoms with Gasteiger partial charge in [0.2, 0.25) is 5.91 Å². The molecule has 0 spiro atoms. The van der Waals surface area contributed by atoms with Gasteiger partial charge in [-0.1, -0.05) is 0 Å². The quantitative estimate of drug-likeness (QED) is 0.663. The predicted molar refractivity (Wildman–Crippen MR) is 57.6 cm³/mol. The second kappa shape index (κ2) is 5.11. The molecule has 0 radical (unpaired) electrons. The molecule has 3 N–H and O–H groups in total. The molecule has 6 heteroatoms. The molecule has 84 valence electrons. The number of carbonyl (C=O) groups excluding carboxylic acids is 1. The Bertz CT molecular complexity index is 420. The van der Waals surface area contributed by atoms with Gasteiger partial charge in [-0.3, -0.25) is 9.89 Å². The van der Waals surface area contributed by atoms with Crippen molar-refractivity contribution in [1.29, 1.82) is 0 Å². The van der Waals surface area contributed by atoms with Crippen LogP contribution in [0.5, 0.6) is 0 Å². The van der Waals surface area contributed by atoms with Gasteiger partial charge in [0.15, 0.2) is 0 Å². The van der Waals surface area contributed by atoms with Crippen molar-refractivity contribution in [1.82, 2.24) is 25.5 Å². The van der Waals surface area contributed by atoms with Gasteiger partial charge in [-0.15, -0.1) is 0 Å². The smallest absolute Gasteiger partial charge is 0.226 e. The van der Waals surface area contributed by atoms with Crippen molar-refractivity contribution in [2.24, 2.45) is 0 Å². The summed E-state index contributed by atoms with van der Waals surface area (Å²) in [7, 11) is 0. The standard InChI is InChI=1S/C10H13N5O/c16-10(5-8-2-4-14-15-8)12-3-1-9-6-11-7-13-9/h2,4,6-7H,1,3,5H2,(H,11,13)(H,12,16)(H,14,15). The Kier molecular flexibility index (Phi) is 3.32. The van der Waals surface area contributed by atoms with Crippen molar-refractivity contribution in [3.8, 4) is 0 Å². The van der Waals surface area contributed by atoms with E-state index in [2.05, 4.69) is 25.5 Å². The van der Waals surface area contributed by atoms with Crippen LogP contribution in [0.2, 0.25) is 0 Å². The fourth-order valence-corrected chi connectivity index (χ4v) is 1.38. The van der Waals surface area contributed by atoms with Crippen LogP contribution in [-0.2, 0) is 17.6 Å². The first-order valence-corrected chi connectivity index (χ1v) is 5.07. The number of nitrogens with zero attached hydrogens (tertiary/aromatic N) is 2. The van der Waals surface area contributed by atoms with Crippen LogP contribution in [0.25, 0.3) is 0 Å². The highest BCUT2D eigenvalue weighted by Gasteiger charge is 2.03. The molecule has 0 atom stereocenters. The van der Waals surface area contributed by atoms with E-state index in [1.165, 1.54) is 0 Å². The van der Waals surface area contributed by atoms with Gasteiger partial charge in [0.25, 0.3) is 0 Å². The highest BCUT2D eigenvalue weighted by Crippen LogP contribution is 1.94. The van der Waals surface area contributed by atoms with Crippen LogP contribution in [-0.4, -0.2) is 32.6 Å². The van der Waals surface area contributed by atoms with Crippen molar-refractivity contribution >= 4 is 5.91 Å². The first kappa shape index (κ1) is 10.4. The highest BCUT2D eigenvalue weighted by molar-refractivity contribution is 5.77. The van der Waals surface area contributed by atoms with Crippen molar-refractivity contribution in [2.75, 3.05) is 6.54 Å². The van der Waals surface area contributed by atoms with Crippen LogP contribution < -0.4 is 5.32 Å². The molecule has 1 amide bonds. The number of H-pyrrole nitrogens is 2. The Morgan fingerprint density at radius 1 is 1.44 bits per heavy atom. The minimum atomic E-state index is -0.0104. The summed E-state index contributed by atoms with van der Waals surface area (Å²) in [5, 5.41) is 9.35. The second-order valence-electron chi connectivity index (χ2n) is 3.44. The third-order valence-electron chi connectivity index (χ3n) is 2.18. The van der Waals surface area contributed by atoms with Crippen LogP contribution in [0.1, 0.15) is 11.4 Å². The highest BCUT2D eigenvalue weighted by atomic mass is 16.1. The van der Waals surface area contributed by atoms with Gasteiger partial charge >= 0.3 is 0 Å². The summed E-state index contributed by atoms with van der Waals surface area (Å²) in [5.74, 6) is -0.0104. The summed E-state index contributed by atoms with van der Waals surface area (Å²) in [5.41, 5.74) is 1.83. The maximum atomic E-state index is 11.5. The van der Waals surface area contributed by atoms with Gasteiger partial charge < -0.3 is 10.3 Å². The maximum Gasteiger partial charge on any atom is 0.226 e. The minimum Gasteiger partial charge on any atom is -0.355 e. The topological polar surface area (TPSA) is 86.5 Å². The summed E-state index contributed by atoms with van der Waals surface area (Å²) in [6.45, 7) is 0.606. The summed E-state index contributed by atoms with van der Waals surface area (Å²) in [6.07, 6.45) is 6.10. The molecule has 0 saturated heterocycles. The molecule has 0 aliphatic rings. The first-order chi connectivity index (χ1) is 7.84. The lowest BCUT2D eigenvalue weighted by Crippen LogP contribution is -2.27. The van der Waals surface area contributed by atoms with E-state index in [0.29, 0.717) is 13.0 Å². The van der Waals surface area contributed by atoms with E-state index < -0.39 is 0 Å². The van der Waals surface area contributed by atoms with E-state index in [1.54, 1.807) is 24.8 Å². The van der Waals surface area contributed by atoms with E-state index >= 15 is 0 Å². The lowest BCUT2D eigenvalue weighted by molar-refractivity contribution is -0.120. The fourth-order valence-electron chi connectivity index (χ4n) is 1.38. The molecule has 2 aromatic heterocycles. The maximum absolute atomic E-state index is 11.5. The fraction of sp³-hybridized carbons (Fsp3) is 0.300. The second-order valence-corrected chi connectivity index (χ2v) is 3.44. The third kappa shape index (κ3) is 2.94. The number of hydrogen-bond donors (Lipinski definition) is 3. The van der Waals surface area contributed by atoms with Crippen LogP contribution in [0, 0.1) is 0 Å². The molecule has 0 aliphatic carbocycles. The van der Waals surface area contributed by atoms with Crippen LogP contribution >= 0.6 is 0 Å². The number of carbonyl (C=O) groups is 1. The molecule has 16 heavy (non-hydrogen) atoms. The zero-order chi connectivity index (χ0) is 11.2. The van der Waals surface area contributed by atoms with E-state index in [1.807, 2.05) is 0 Å². The Morgan fingerprint density at radius 3 is 3.06 bits per heavy atom. The zero-order valence-electron chi connectivity index (χ0n) is 8.73. The minimum absolute atomic E-state index is 0.0104. The van der Waals surface area contributed by atoms with Crippen molar-refractivity contribution in [2.45, 2.75) is 12.8 Å². The lowest BCUT2D eigenvalue weighted by atomic mass is 10.3. The monoisotopic (exact) mass is 219 g/mol. The molecule has 0 aliphatic heterocycles. The number of nitrogens with one attached hydrogen (secondary N) is 3. The first-order valence-electron chi connectivity index (χ1n) is 5.07. The van der Waals surface area contributed by atoms with Crippen molar-refractivity contribution in [3.05, 3.63) is 36.2 Å². The van der Waals surface area contributed by atoms with Crippen molar-refractivity contribution in [3.63, 3.8) is 0 Å². The molecule has 0 aromatic carbocycles. The molecule has 0 unspecified atom stereocenters. The molecular weight excluding hydrogens is 206 g/mol. The number of hydrogen-bond acceptors (Lipinski definition) is 3. The average molecular weight is 219 g/mol. The van der Waals surface area contributed by atoms with Crippen LogP contribution in [0.3, 0.4) is 0 Å². The predicted octanol–water partition coefficient (Wildman–Crippen LogP) is 0.0342. The van der Waals surface area contributed by atoms with Crippen LogP contribution in [0.15, 0.2) is 24.8 Å². The van der Waals surface area contributed by atoms with Gasteiger partial charge in [0, 0.05) is 36.7 Å². The Labute approximate surface area is 92.5 Å².